The number of aromatic nitrogens is 1. The number of hydrogen-bond donors (Lipinski definition) is 1. The molecule has 1 heterocycles. The Bertz CT molecular complexity index is 578. The Balaban J connectivity index is 2.31. The summed E-state index contributed by atoms with van der Waals surface area (Å²) in [5.74, 6) is -1.03. The van der Waals surface area contributed by atoms with Crippen LogP contribution in [0.1, 0.15) is 24.5 Å². The van der Waals surface area contributed by atoms with Crippen molar-refractivity contribution in [2.24, 2.45) is 5.92 Å². The molecular formula is C15H17NO2. The van der Waals surface area contributed by atoms with E-state index in [-0.39, 0.29) is 5.92 Å². The molecule has 0 aliphatic rings. The van der Waals surface area contributed by atoms with Crippen LogP contribution in [0.3, 0.4) is 0 Å². The molecule has 1 atom stereocenters. The largest absolute Gasteiger partial charge is 0.481 e. The SMILES string of the molecule is CCC(Cc1ccc2ncc(C)cc2c1)C(=O)O. The molecule has 3 heteroatoms. The van der Waals surface area contributed by atoms with Crippen molar-refractivity contribution in [3.8, 4) is 0 Å². The van der Waals surface area contributed by atoms with Crippen LogP contribution >= 0.6 is 0 Å². The first-order valence-electron chi connectivity index (χ1n) is 6.18. The second-order valence-corrected chi connectivity index (χ2v) is 4.69. The average Bonchev–Trinajstić information content (AvgIpc) is 2.35. The van der Waals surface area contributed by atoms with E-state index in [9.17, 15) is 4.79 Å². The predicted octanol–water partition coefficient (Wildman–Crippen LogP) is 3.20. The molecule has 2 aromatic rings. The molecule has 18 heavy (non-hydrogen) atoms. The van der Waals surface area contributed by atoms with Crippen LogP contribution in [0.4, 0.5) is 0 Å². The summed E-state index contributed by atoms with van der Waals surface area (Å²) in [5.41, 5.74) is 3.13. The van der Waals surface area contributed by atoms with Gasteiger partial charge in [0.1, 0.15) is 0 Å². The minimum Gasteiger partial charge on any atom is -0.481 e. The van der Waals surface area contributed by atoms with Crippen LogP contribution in [0.2, 0.25) is 0 Å². The highest BCUT2D eigenvalue weighted by Gasteiger charge is 2.15. The lowest BCUT2D eigenvalue weighted by Gasteiger charge is -2.10. The van der Waals surface area contributed by atoms with Crippen LogP contribution in [0.5, 0.6) is 0 Å². The van der Waals surface area contributed by atoms with Gasteiger partial charge in [0.15, 0.2) is 0 Å². The molecule has 3 nitrogen and oxygen atoms in total. The monoisotopic (exact) mass is 243 g/mol. The summed E-state index contributed by atoms with van der Waals surface area (Å²) in [6.07, 6.45) is 3.07. The van der Waals surface area contributed by atoms with E-state index in [4.69, 9.17) is 5.11 Å². The third-order valence-corrected chi connectivity index (χ3v) is 3.21. The molecule has 0 saturated heterocycles. The van der Waals surface area contributed by atoms with E-state index in [1.54, 1.807) is 0 Å². The van der Waals surface area contributed by atoms with Gasteiger partial charge >= 0.3 is 5.97 Å². The summed E-state index contributed by atoms with van der Waals surface area (Å²) in [5, 5.41) is 10.2. The van der Waals surface area contributed by atoms with Crippen LogP contribution in [-0.4, -0.2) is 16.1 Å². The number of carboxylic acid groups (broad SMARTS) is 1. The second kappa shape index (κ2) is 5.17. The number of nitrogens with zero attached hydrogens (tertiary/aromatic N) is 1. The summed E-state index contributed by atoms with van der Waals surface area (Å²) in [6.45, 7) is 3.91. The van der Waals surface area contributed by atoms with Crippen molar-refractivity contribution in [2.75, 3.05) is 0 Å². The Morgan fingerprint density at radius 3 is 2.83 bits per heavy atom. The number of carboxylic acids is 1. The third kappa shape index (κ3) is 2.67. The topological polar surface area (TPSA) is 50.2 Å². The van der Waals surface area contributed by atoms with Gasteiger partial charge in [0, 0.05) is 11.6 Å². The highest BCUT2D eigenvalue weighted by Crippen LogP contribution is 2.19. The zero-order valence-corrected chi connectivity index (χ0v) is 10.7. The van der Waals surface area contributed by atoms with Gasteiger partial charge in [-0.3, -0.25) is 9.78 Å². The normalized spacial score (nSPS) is 12.6. The summed E-state index contributed by atoms with van der Waals surface area (Å²) >= 11 is 0. The number of fused-ring (bicyclic) bond motifs is 1. The summed E-state index contributed by atoms with van der Waals surface area (Å²) in [4.78, 5) is 15.4. The molecule has 0 aliphatic heterocycles. The first-order chi connectivity index (χ1) is 8.60. The van der Waals surface area contributed by atoms with E-state index in [0.29, 0.717) is 12.8 Å². The Kier molecular flexibility index (Phi) is 3.60. The van der Waals surface area contributed by atoms with Crippen LogP contribution in [0.15, 0.2) is 30.5 Å². The van der Waals surface area contributed by atoms with Crippen molar-refractivity contribution >= 4 is 16.9 Å². The number of aryl methyl sites for hydroxylation is 1. The van der Waals surface area contributed by atoms with Crippen LogP contribution in [0, 0.1) is 12.8 Å². The molecule has 0 bridgehead atoms. The minimum absolute atomic E-state index is 0.305. The van der Waals surface area contributed by atoms with Crippen LogP contribution in [-0.2, 0) is 11.2 Å². The van der Waals surface area contributed by atoms with E-state index in [1.165, 1.54) is 0 Å². The van der Waals surface area contributed by atoms with Gasteiger partial charge in [0.05, 0.1) is 11.4 Å². The number of aliphatic carboxylic acids is 1. The lowest BCUT2D eigenvalue weighted by molar-refractivity contribution is -0.141. The first kappa shape index (κ1) is 12.6. The maximum Gasteiger partial charge on any atom is 0.306 e. The predicted molar refractivity (Wildman–Crippen MR) is 71.6 cm³/mol. The Morgan fingerprint density at radius 2 is 2.17 bits per heavy atom. The lowest BCUT2D eigenvalue weighted by Crippen LogP contribution is -2.15. The zero-order chi connectivity index (χ0) is 13.1. The second-order valence-electron chi connectivity index (χ2n) is 4.69. The molecule has 1 aromatic heterocycles. The minimum atomic E-state index is -0.722. The number of pyridine rings is 1. The molecule has 0 saturated carbocycles. The Hall–Kier alpha value is -1.90. The van der Waals surface area contributed by atoms with Crippen LogP contribution < -0.4 is 0 Å². The molecule has 0 spiro atoms. The number of benzene rings is 1. The van der Waals surface area contributed by atoms with Crippen molar-refractivity contribution in [3.63, 3.8) is 0 Å². The Morgan fingerprint density at radius 1 is 1.39 bits per heavy atom. The van der Waals surface area contributed by atoms with E-state index < -0.39 is 5.97 Å². The van der Waals surface area contributed by atoms with E-state index in [1.807, 2.05) is 38.2 Å². The van der Waals surface area contributed by atoms with E-state index >= 15 is 0 Å². The van der Waals surface area contributed by atoms with Crippen molar-refractivity contribution in [2.45, 2.75) is 26.7 Å². The molecule has 0 aliphatic carbocycles. The van der Waals surface area contributed by atoms with Gasteiger partial charge in [-0.1, -0.05) is 13.0 Å². The molecule has 2 rings (SSSR count). The lowest BCUT2D eigenvalue weighted by atomic mass is 9.96. The van der Waals surface area contributed by atoms with E-state index in [2.05, 4.69) is 11.1 Å². The molecule has 0 radical (unpaired) electrons. The highest BCUT2D eigenvalue weighted by molar-refractivity contribution is 5.80. The van der Waals surface area contributed by atoms with Gasteiger partial charge < -0.3 is 5.11 Å². The summed E-state index contributed by atoms with van der Waals surface area (Å²) in [7, 11) is 0. The van der Waals surface area contributed by atoms with Crippen molar-refractivity contribution in [1.29, 1.82) is 0 Å². The van der Waals surface area contributed by atoms with Gasteiger partial charge in [-0.15, -0.1) is 0 Å². The van der Waals surface area contributed by atoms with Gasteiger partial charge in [0.25, 0.3) is 0 Å². The summed E-state index contributed by atoms with van der Waals surface area (Å²) in [6, 6.07) is 8.05. The standard InChI is InChI=1S/C15H17NO2/c1-3-12(15(17)18)7-11-4-5-14-13(8-11)6-10(2)9-16-14/h4-6,8-9,12H,3,7H2,1-2H3,(H,17,18). The fraction of sp³-hybridized carbons (Fsp3) is 0.333. The van der Waals surface area contributed by atoms with Gasteiger partial charge in [-0.2, -0.15) is 0 Å². The fourth-order valence-corrected chi connectivity index (χ4v) is 2.11. The summed E-state index contributed by atoms with van der Waals surface area (Å²) < 4.78 is 0. The molecule has 0 fully saturated rings. The Labute approximate surface area is 106 Å². The molecule has 94 valence electrons. The number of carbonyl (C=O) groups is 1. The van der Waals surface area contributed by atoms with Crippen molar-refractivity contribution < 1.29 is 9.90 Å². The maximum absolute atomic E-state index is 11.0. The molecule has 1 aromatic carbocycles. The highest BCUT2D eigenvalue weighted by atomic mass is 16.4. The van der Waals surface area contributed by atoms with Crippen molar-refractivity contribution in [3.05, 3.63) is 41.6 Å². The smallest absolute Gasteiger partial charge is 0.306 e. The number of hydrogen-bond acceptors (Lipinski definition) is 2. The van der Waals surface area contributed by atoms with Gasteiger partial charge in [-0.25, -0.2) is 0 Å². The average molecular weight is 243 g/mol. The molecule has 0 amide bonds. The van der Waals surface area contributed by atoms with E-state index in [0.717, 1.165) is 22.0 Å². The van der Waals surface area contributed by atoms with Crippen molar-refractivity contribution in [1.82, 2.24) is 4.98 Å². The zero-order valence-electron chi connectivity index (χ0n) is 10.7. The molecular weight excluding hydrogens is 226 g/mol. The fourth-order valence-electron chi connectivity index (χ4n) is 2.11. The first-order valence-corrected chi connectivity index (χ1v) is 6.18. The van der Waals surface area contributed by atoms with Gasteiger partial charge in [-0.05, 0) is 49.1 Å². The number of rotatable bonds is 4. The van der Waals surface area contributed by atoms with Gasteiger partial charge in [0.2, 0.25) is 0 Å². The maximum atomic E-state index is 11.0. The molecule has 1 unspecified atom stereocenters. The quantitative estimate of drug-likeness (QED) is 0.897. The third-order valence-electron chi connectivity index (χ3n) is 3.21. The molecule has 1 N–H and O–H groups in total. The van der Waals surface area contributed by atoms with Crippen LogP contribution in [0.25, 0.3) is 10.9 Å².